The molecule has 1 unspecified atom stereocenters. The van der Waals surface area contributed by atoms with Crippen LogP contribution >= 0.6 is 23.2 Å². The number of nitrogens with one attached hydrogen (secondary N) is 1. The Hall–Kier alpha value is -1.23. The second-order valence-corrected chi connectivity index (χ2v) is 5.00. The molecule has 1 nitrogen and oxygen atoms in total. The van der Waals surface area contributed by atoms with Crippen molar-refractivity contribution in [3.63, 3.8) is 0 Å². The zero-order chi connectivity index (χ0) is 14.9. The molecular weight excluding hydrogens is 310 g/mol. The average Bonchev–Trinajstić information content (AvgIpc) is 2.43. The van der Waals surface area contributed by atoms with Gasteiger partial charge in [0.1, 0.15) is 0 Å². The Morgan fingerprint density at radius 3 is 2.30 bits per heavy atom. The van der Waals surface area contributed by atoms with E-state index in [0.717, 1.165) is 6.07 Å². The molecule has 2 aromatic carbocycles. The first-order valence-electron chi connectivity index (χ1n) is 5.71. The second-order valence-electron chi connectivity index (χ2n) is 4.15. The van der Waals surface area contributed by atoms with Crippen LogP contribution in [0.2, 0.25) is 10.0 Å². The van der Waals surface area contributed by atoms with E-state index in [2.05, 4.69) is 5.32 Å². The van der Waals surface area contributed by atoms with E-state index in [4.69, 9.17) is 23.2 Å². The van der Waals surface area contributed by atoms with E-state index < -0.39 is 23.5 Å². The van der Waals surface area contributed by atoms with Gasteiger partial charge in [-0.1, -0.05) is 29.3 Å². The Balaban J connectivity index is 2.58. The van der Waals surface area contributed by atoms with Crippen LogP contribution in [0.1, 0.15) is 17.2 Å². The number of hydrogen-bond donors (Lipinski definition) is 1. The Morgan fingerprint density at radius 1 is 0.950 bits per heavy atom. The summed E-state index contributed by atoms with van der Waals surface area (Å²) >= 11 is 11.9. The Bertz CT molecular complexity index is 647. The number of hydrogen-bond acceptors (Lipinski definition) is 1. The third-order valence-electron chi connectivity index (χ3n) is 2.93. The molecule has 0 saturated carbocycles. The molecule has 0 radical (unpaired) electrons. The summed E-state index contributed by atoms with van der Waals surface area (Å²) in [5, 5.41) is 3.57. The van der Waals surface area contributed by atoms with Crippen LogP contribution in [0.15, 0.2) is 30.3 Å². The molecule has 0 heterocycles. The van der Waals surface area contributed by atoms with Crippen LogP contribution in [-0.4, -0.2) is 7.05 Å². The fraction of sp³-hybridized carbons (Fsp3) is 0.143. The maximum Gasteiger partial charge on any atom is 0.194 e. The highest BCUT2D eigenvalue weighted by atomic mass is 35.5. The molecule has 2 rings (SSSR count). The monoisotopic (exact) mass is 319 g/mol. The van der Waals surface area contributed by atoms with Crippen LogP contribution in [-0.2, 0) is 0 Å². The zero-order valence-corrected chi connectivity index (χ0v) is 11.9. The largest absolute Gasteiger partial charge is 0.309 e. The van der Waals surface area contributed by atoms with Crippen LogP contribution in [0.25, 0.3) is 0 Å². The van der Waals surface area contributed by atoms with Crippen molar-refractivity contribution in [3.8, 4) is 0 Å². The minimum Gasteiger partial charge on any atom is -0.309 e. The van der Waals surface area contributed by atoms with Gasteiger partial charge in [0.15, 0.2) is 17.5 Å². The quantitative estimate of drug-likeness (QED) is 0.807. The lowest BCUT2D eigenvalue weighted by Crippen LogP contribution is -2.20. The van der Waals surface area contributed by atoms with Gasteiger partial charge in [0.2, 0.25) is 0 Å². The van der Waals surface area contributed by atoms with Crippen molar-refractivity contribution >= 4 is 23.2 Å². The third kappa shape index (κ3) is 2.77. The summed E-state index contributed by atoms with van der Waals surface area (Å²) in [6.45, 7) is 0. The summed E-state index contributed by atoms with van der Waals surface area (Å²) in [6, 6.07) is 5.99. The van der Waals surface area contributed by atoms with Gasteiger partial charge in [-0.15, -0.1) is 0 Å². The lowest BCUT2D eigenvalue weighted by Gasteiger charge is -2.19. The molecule has 1 atom stereocenters. The third-order valence-corrected chi connectivity index (χ3v) is 3.51. The smallest absolute Gasteiger partial charge is 0.194 e. The number of rotatable bonds is 3. The molecule has 0 aliphatic carbocycles. The number of benzene rings is 2. The zero-order valence-electron chi connectivity index (χ0n) is 10.4. The Morgan fingerprint density at radius 2 is 1.65 bits per heavy atom. The van der Waals surface area contributed by atoms with Crippen LogP contribution < -0.4 is 5.32 Å². The summed E-state index contributed by atoms with van der Waals surface area (Å²) in [5.41, 5.74) is 0.433. The first-order valence-corrected chi connectivity index (χ1v) is 6.47. The topological polar surface area (TPSA) is 12.0 Å². The molecule has 0 spiro atoms. The fourth-order valence-electron chi connectivity index (χ4n) is 1.98. The van der Waals surface area contributed by atoms with Crippen molar-refractivity contribution in [2.45, 2.75) is 6.04 Å². The predicted octanol–water partition coefficient (Wildman–Crippen LogP) is 4.72. The van der Waals surface area contributed by atoms with Gasteiger partial charge in [-0.3, -0.25) is 0 Å². The first-order chi connectivity index (χ1) is 9.45. The van der Waals surface area contributed by atoms with E-state index in [9.17, 15) is 13.2 Å². The molecule has 6 heteroatoms. The minimum atomic E-state index is -1.51. The van der Waals surface area contributed by atoms with E-state index in [-0.39, 0.29) is 5.56 Å². The summed E-state index contributed by atoms with van der Waals surface area (Å²) in [6.07, 6.45) is 0. The van der Waals surface area contributed by atoms with Crippen LogP contribution in [0.4, 0.5) is 13.2 Å². The van der Waals surface area contributed by atoms with E-state index in [0.29, 0.717) is 15.6 Å². The molecule has 0 saturated heterocycles. The molecule has 0 aliphatic heterocycles. The molecule has 106 valence electrons. The standard InChI is InChI=1S/C14H10Cl2F3N/c1-20-14(9-6-7(15)2-4-10(9)16)8-3-5-11(17)13(19)12(8)18/h2-6,14,20H,1H3. The van der Waals surface area contributed by atoms with Crippen LogP contribution in [0.5, 0.6) is 0 Å². The molecule has 1 N–H and O–H groups in total. The van der Waals surface area contributed by atoms with Gasteiger partial charge in [-0.05, 0) is 36.9 Å². The summed E-state index contributed by atoms with van der Waals surface area (Å²) < 4.78 is 40.2. The van der Waals surface area contributed by atoms with Gasteiger partial charge >= 0.3 is 0 Å². The average molecular weight is 320 g/mol. The lowest BCUT2D eigenvalue weighted by atomic mass is 9.98. The maximum atomic E-state index is 13.9. The summed E-state index contributed by atoms with van der Waals surface area (Å²) in [4.78, 5) is 0. The number of halogens is 5. The summed E-state index contributed by atoms with van der Waals surface area (Å²) in [7, 11) is 1.56. The van der Waals surface area contributed by atoms with Crippen molar-refractivity contribution in [1.82, 2.24) is 5.32 Å². The lowest BCUT2D eigenvalue weighted by molar-refractivity contribution is 0.435. The van der Waals surface area contributed by atoms with Crippen LogP contribution in [0, 0.1) is 17.5 Å². The molecule has 20 heavy (non-hydrogen) atoms. The molecule has 0 bridgehead atoms. The predicted molar refractivity (Wildman–Crippen MR) is 73.7 cm³/mol. The minimum absolute atomic E-state index is 0.0458. The Kier molecular flexibility index (Phi) is 4.58. The highest BCUT2D eigenvalue weighted by Crippen LogP contribution is 2.32. The van der Waals surface area contributed by atoms with Crippen molar-refractivity contribution < 1.29 is 13.2 Å². The van der Waals surface area contributed by atoms with E-state index in [1.54, 1.807) is 25.2 Å². The van der Waals surface area contributed by atoms with Crippen molar-refractivity contribution in [2.24, 2.45) is 0 Å². The van der Waals surface area contributed by atoms with Gasteiger partial charge in [0, 0.05) is 15.6 Å². The normalized spacial score (nSPS) is 12.5. The van der Waals surface area contributed by atoms with Crippen molar-refractivity contribution in [1.29, 1.82) is 0 Å². The van der Waals surface area contributed by atoms with Gasteiger partial charge in [-0.25, -0.2) is 13.2 Å². The summed E-state index contributed by atoms with van der Waals surface area (Å²) in [5.74, 6) is -4.00. The molecule has 0 amide bonds. The van der Waals surface area contributed by atoms with E-state index >= 15 is 0 Å². The SMILES string of the molecule is CNC(c1cc(Cl)ccc1Cl)c1ccc(F)c(F)c1F. The van der Waals surface area contributed by atoms with Gasteiger partial charge in [-0.2, -0.15) is 0 Å². The van der Waals surface area contributed by atoms with Gasteiger partial charge in [0.05, 0.1) is 6.04 Å². The fourth-order valence-corrected chi connectivity index (χ4v) is 2.39. The van der Waals surface area contributed by atoms with Crippen molar-refractivity contribution in [2.75, 3.05) is 7.05 Å². The molecular formula is C14H10Cl2F3N. The molecule has 0 aromatic heterocycles. The Labute approximate surface area is 124 Å². The second kappa shape index (κ2) is 6.04. The maximum absolute atomic E-state index is 13.9. The van der Waals surface area contributed by atoms with Crippen molar-refractivity contribution in [3.05, 3.63) is 69.0 Å². The van der Waals surface area contributed by atoms with E-state index in [1.807, 2.05) is 0 Å². The van der Waals surface area contributed by atoms with Crippen LogP contribution in [0.3, 0.4) is 0 Å². The first kappa shape index (κ1) is 15.2. The highest BCUT2D eigenvalue weighted by molar-refractivity contribution is 6.33. The van der Waals surface area contributed by atoms with Gasteiger partial charge in [0.25, 0.3) is 0 Å². The molecule has 2 aromatic rings. The molecule has 0 aliphatic rings. The van der Waals surface area contributed by atoms with Gasteiger partial charge < -0.3 is 5.32 Å². The highest BCUT2D eigenvalue weighted by Gasteiger charge is 2.23. The van der Waals surface area contributed by atoms with E-state index in [1.165, 1.54) is 6.07 Å². The molecule has 0 fully saturated rings.